The Bertz CT molecular complexity index is 540. The van der Waals surface area contributed by atoms with Crippen LogP contribution in [0.25, 0.3) is 0 Å². The monoisotopic (exact) mass is 334 g/mol. The fraction of sp³-hybridized carbons (Fsp3) is 0.500. The molecule has 0 atom stereocenters. The van der Waals surface area contributed by atoms with Crippen LogP contribution >= 0.6 is 15.9 Å². The Balaban J connectivity index is 2.21. The van der Waals surface area contributed by atoms with Gasteiger partial charge in [-0.15, -0.1) is 0 Å². The van der Waals surface area contributed by atoms with Crippen LogP contribution in [0, 0.1) is 23.7 Å². The van der Waals surface area contributed by atoms with Crippen LogP contribution in [0.2, 0.25) is 0 Å². The second-order valence-electron chi connectivity index (χ2n) is 5.47. The van der Waals surface area contributed by atoms with Gasteiger partial charge in [0, 0.05) is 10.2 Å². The summed E-state index contributed by atoms with van der Waals surface area (Å²) in [6.07, 6.45) is 5.49. The van der Waals surface area contributed by atoms with Crippen LogP contribution in [0.4, 0.5) is 5.69 Å². The third-order valence-electron chi connectivity index (χ3n) is 4.12. The lowest BCUT2D eigenvalue weighted by atomic mass is 9.81. The Morgan fingerprint density at radius 1 is 1.30 bits per heavy atom. The quantitative estimate of drug-likeness (QED) is 0.806. The van der Waals surface area contributed by atoms with Gasteiger partial charge in [-0.2, -0.15) is 5.26 Å². The molecule has 1 N–H and O–H groups in total. The van der Waals surface area contributed by atoms with E-state index in [1.54, 1.807) is 0 Å². The molecule has 0 bridgehead atoms. The minimum Gasteiger partial charge on any atom is -0.324 e. The summed E-state index contributed by atoms with van der Waals surface area (Å²) in [7, 11) is 0. The molecule has 3 nitrogen and oxygen atoms in total. The summed E-state index contributed by atoms with van der Waals surface area (Å²) in [5.74, 6) is -0.150. The van der Waals surface area contributed by atoms with Crippen LogP contribution in [0.5, 0.6) is 0 Å². The smallest absolute Gasteiger partial charge is 0.244 e. The van der Waals surface area contributed by atoms with Crippen LogP contribution in [0.3, 0.4) is 0 Å². The largest absolute Gasteiger partial charge is 0.324 e. The minimum absolute atomic E-state index is 0.150. The molecule has 1 amide bonds. The number of hydrogen-bond donors (Lipinski definition) is 1. The van der Waals surface area contributed by atoms with E-state index in [0.29, 0.717) is 12.8 Å². The van der Waals surface area contributed by atoms with E-state index in [9.17, 15) is 10.1 Å². The zero-order valence-electron chi connectivity index (χ0n) is 11.7. The number of nitrogens with one attached hydrogen (secondary N) is 1. The van der Waals surface area contributed by atoms with Gasteiger partial charge in [-0.3, -0.25) is 4.79 Å². The molecule has 4 heteroatoms. The van der Waals surface area contributed by atoms with Gasteiger partial charge in [-0.1, -0.05) is 47.7 Å². The third-order valence-corrected chi connectivity index (χ3v) is 4.98. The molecule has 0 aromatic heterocycles. The highest BCUT2D eigenvalue weighted by molar-refractivity contribution is 9.10. The normalized spacial score (nSPS) is 17.9. The Hall–Kier alpha value is -1.34. The number of carbonyl (C=O) groups is 1. The number of hydrogen-bond acceptors (Lipinski definition) is 2. The van der Waals surface area contributed by atoms with Crippen molar-refractivity contribution in [3.8, 4) is 6.07 Å². The third kappa shape index (κ3) is 3.04. The topological polar surface area (TPSA) is 52.9 Å². The lowest BCUT2D eigenvalue weighted by Gasteiger charge is -2.24. The number of halogens is 1. The van der Waals surface area contributed by atoms with E-state index in [-0.39, 0.29) is 5.91 Å². The van der Waals surface area contributed by atoms with Gasteiger partial charge in [0.2, 0.25) is 5.91 Å². The molecule has 0 aliphatic heterocycles. The highest BCUT2D eigenvalue weighted by Gasteiger charge is 2.39. The number of rotatable bonds is 2. The van der Waals surface area contributed by atoms with Gasteiger partial charge in [-0.05, 0) is 37.5 Å². The molecule has 1 fully saturated rings. The summed E-state index contributed by atoms with van der Waals surface area (Å²) < 4.78 is 0.960. The molecule has 0 spiro atoms. The van der Waals surface area contributed by atoms with Crippen LogP contribution in [-0.4, -0.2) is 5.91 Å². The number of nitrogens with zero attached hydrogens (tertiary/aromatic N) is 1. The van der Waals surface area contributed by atoms with Crippen molar-refractivity contribution >= 4 is 27.5 Å². The summed E-state index contributed by atoms with van der Waals surface area (Å²) in [6, 6.07) is 7.99. The Morgan fingerprint density at radius 2 is 1.95 bits per heavy atom. The van der Waals surface area contributed by atoms with Gasteiger partial charge < -0.3 is 5.32 Å². The lowest BCUT2D eigenvalue weighted by molar-refractivity contribution is -0.123. The fourth-order valence-corrected chi connectivity index (χ4v) is 3.07. The van der Waals surface area contributed by atoms with Crippen molar-refractivity contribution in [2.75, 3.05) is 5.32 Å². The van der Waals surface area contributed by atoms with Crippen LogP contribution in [-0.2, 0) is 4.79 Å². The van der Waals surface area contributed by atoms with E-state index in [1.165, 1.54) is 0 Å². The standard InChI is InChI=1S/C16H19BrN2O/c1-12-13(17)7-6-8-14(12)19-15(20)16(11-18)9-4-2-3-5-10-16/h6-8H,2-5,9-10H2,1H3,(H,19,20). The number of amides is 1. The highest BCUT2D eigenvalue weighted by atomic mass is 79.9. The summed E-state index contributed by atoms with van der Waals surface area (Å²) in [5, 5.41) is 12.5. The predicted molar refractivity (Wildman–Crippen MR) is 83.3 cm³/mol. The van der Waals surface area contributed by atoms with E-state index in [0.717, 1.165) is 41.4 Å². The molecule has 0 radical (unpaired) electrons. The van der Waals surface area contributed by atoms with Crippen LogP contribution < -0.4 is 5.32 Å². The van der Waals surface area contributed by atoms with E-state index < -0.39 is 5.41 Å². The van der Waals surface area contributed by atoms with E-state index in [4.69, 9.17) is 0 Å². The molecule has 1 aliphatic rings. The Kier molecular flexibility index (Phi) is 4.82. The molecule has 0 unspecified atom stereocenters. The minimum atomic E-state index is -0.856. The lowest BCUT2D eigenvalue weighted by Crippen LogP contribution is -2.34. The van der Waals surface area contributed by atoms with Crippen molar-refractivity contribution in [1.82, 2.24) is 0 Å². The maximum Gasteiger partial charge on any atom is 0.244 e. The van der Waals surface area contributed by atoms with Gasteiger partial charge in [0.15, 0.2) is 0 Å². The van der Waals surface area contributed by atoms with Crippen LogP contribution in [0.15, 0.2) is 22.7 Å². The number of nitriles is 1. The number of anilines is 1. The molecule has 1 aliphatic carbocycles. The predicted octanol–water partition coefficient (Wildman–Crippen LogP) is 4.56. The molecule has 1 aromatic rings. The van der Waals surface area contributed by atoms with Crippen molar-refractivity contribution in [1.29, 1.82) is 5.26 Å². The fourth-order valence-electron chi connectivity index (χ4n) is 2.71. The molecular formula is C16H19BrN2O. The molecule has 2 rings (SSSR count). The van der Waals surface area contributed by atoms with Crippen LogP contribution in [0.1, 0.15) is 44.1 Å². The summed E-state index contributed by atoms with van der Waals surface area (Å²) in [5.41, 5.74) is 0.913. The first kappa shape index (κ1) is 15.1. The molecule has 20 heavy (non-hydrogen) atoms. The number of carbonyl (C=O) groups excluding carboxylic acids is 1. The average molecular weight is 335 g/mol. The second kappa shape index (κ2) is 6.41. The Labute approximate surface area is 128 Å². The molecule has 106 valence electrons. The first-order valence-corrected chi connectivity index (χ1v) is 7.86. The first-order chi connectivity index (χ1) is 9.59. The van der Waals surface area contributed by atoms with Gasteiger partial charge >= 0.3 is 0 Å². The maximum absolute atomic E-state index is 12.6. The SMILES string of the molecule is Cc1c(Br)cccc1NC(=O)C1(C#N)CCCCCC1. The zero-order valence-corrected chi connectivity index (χ0v) is 13.3. The highest BCUT2D eigenvalue weighted by Crippen LogP contribution is 2.36. The molecular weight excluding hydrogens is 316 g/mol. The first-order valence-electron chi connectivity index (χ1n) is 7.07. The van der Waals surface area contributed by atoms with E-state index >= 15 is 0 Å². The van der Waals surface area contributed by atoms with Crippen molar-refractivity contribution < 1.29 is 4.79 Å². The van der Waals surface area contributed by atoms with Crippen molar-refractivity contribution in [3.05, 3.63) is 28.2 Å². The zero-order chi connectivity index (χ0) is 14.6. The van der Waals surface area contributed by atoms with Gasteiger partial charge in [0.1, 0.15) is 5.41 Å². The van der Waals surface area contributed by atoms with E-state index in [1.807, 2.05) is 25.1 Å². The summed E-state index contributed by atoms with van der Waals surface area (Å²) >= 11 is 3.46. The molecule has 1 saturated carbocycles. The maximum atomic E-state index is 12.6. The van der Waals surface area contributed by atoms with E-state index in [2.05, 4.69) is 27.3 Å². The summed E-state index contributed by atoms with van der Waals surface area (Å²) in [6.45, 7) is 1.95. The van der Waals surface area contributed by atoms with Gasteiger partial charge in [0.25, 0.3) is 0 Å². The Morgan fingerprint density at radius 3 is 2.55 bits per heavy atom. The molecule has 0 heterocycles. The second-order valence-corrected chi connectivity index (χ2v) is 6.33. The molecule has 1 aromatic carbocycles. The molecule has 0 saturated heterocycles. The van der Waals surface area contributed by atoms with Gasteiger partial charge in [-0.25, -0.2) is 0 Å². The average Bonchev–Trinajstić information content (AvgIpc) is 2.70. The van der Waals surface area contributed by atoms with Gasteiger partial charge in [0.05, 0.1) is 6.07 Å². The van der Waals surface area contributed by atoms with Crippen molar-refractivity contribution in [3.63, 3.8) is 0 Å². The summed E-state index contributed by atoms with van der Waals surface area (Å²) in [4.78, 5) is 12.6. The number of benzene rings is 1. The van der Waals surface area contributed by atoms with Crippen molar-refractivity contribution in [2.24, 2.45) is 5.41 Å². The van der Waals surface area contributed by atoms with Crippen molar-refractivity contribution in [2.45, 2.75) is 45.4 Å².